The number of benzene rings is 2. The van der Waals surface area contributed by atoms with Gasteiger partial charge in [0.15, 0.2) is 22.9 Å². The van der Waals surface area contributed by atoms with Gasteiger partial charge in [-0.1, -0.05) is 17.4 Å². The number of rotatable bonds is 9. The Balaban J connectivity index is 1.21. The quantitative estimate of drug-likeness (QED) is 0.407. The van der Waals surface area contributed by atoms with Crippen molar-refractivity contribution >= 4 is 44.5 Å². The Kier molecular flexibility index (Phi) is 7.75. The second-order valence-electron chi connectivity index (χ2n) is 9.12. The van der Waals surface area contributed by atoms with Crippen LogP contribution in [-0.4, -0.2) is 67.4 Å². The molecule has 2 saturated heterocycles. The molecule has 38 heavy (non-hydrogen) atoms. The predicted molar refractivity (Wildman–Crippen MR) is 141 cm³/mol. The fourth-order valence-electron chi connectivity index (χ4n) is 4.62. The number of fused-ring (bicyclic) bond motifs is 1. The summed E-state index contributed by atoms with van der Waals surface area (Å²) in [5.41, 5.74) is 2.03. The van der Waals surface area contributed by atoms with Gasteiger partial charge in [0.2, 0.25) is 11.8 Å². The van der Waals surface area contributed by atoms with Gasteiger partial charge in [0.25, 0.3) is 0 Å². The number of nitrogens with zero attached hydrogens (tertiary/aromatic N) is 2. The summed E-state index contributed by atoms with van der Waals surface area (Å²) in [6.45, 7) is 3.06. The number of hydrogen-bond donors (Lipinski definition) is 1. The fourth-order valence-corrected chi connectivity index (χ4v) is 5.54. The highest BCUT2D eigenvalue weighted by Gasteiger charge is 2.32. The molecule has 2 aliphatic rings. The molecule has 1 N–H and O–H groups in total. The van der Waals surface area contributed by atoms with Gasteiger partial charge in [0.1, 0.15) is 0 Å². The van der Waals surface area contributed by atoms with Crippen molar-refractivity contribution in [1.82, 2.24) is 9.88 Å². The predicted octanol–water partition coefficient (Wildman–Crippen LogP) is 3.95. The third kappa shape index (κ3) is 5.73. The van der Waals surface area contributed by atoms with Crippen molar-refractivity contribution in [3.8, 4) is 11.5 Å². The van der Waals surface area contributed by atoms with Crippen LogP contribution in [0.3, 0.4) is 0 Å². The molecule has 10 nitrogen and oxygen atoms in total. The molecule has 11 heteroatoms. The molecule has 2 amide bonds. The van der Waals surface area contributed by atoms with Crippen LogP contribution in [0.4, 0.5) is 5.13 Å². The summed E-state index contributed by atoms with van der Waals surface area (Å²) in [4.78, 5) is 43.5. The molecule has 0 saturated carbocycles. The molecule has 200 valence electrons. The summed E-state index contributed by atoms with van der Waals surface area (Å²) < 4.78 is 22.8. The molecule has 0 radical (unpaired) electrons. The van der Waals surface area contributed by atoms with Gasteiger partial charge in [-0.15, -0.1) is 0 Å². The van der Waals surface area contributed by atoms with Crippen molar-refractivity contribution in [1.29, 1.82) is 0 Å². The number of anilines is 1. The number of ether oxygens (including phenoxy) is 4. The number of aromatic nitrogens is 1. The average Bonchev–Trinajstić information content (AvgIpc) is 3.64. The third-order valence-corrected chi connectivity index (χ3v) is 7.43. The van der Waals surface area contributed by atoms with Crippen molar-refractivity contribution in [2.45, 2.75) is 38.4 Å². The van der Waals surface area contributed by atoms with Crippen LogP contribution in [0, 0.1) is 0 Å². The Morgan fingerprint density at radius 1 is 1.21 bits per heavy atom. The van der Waals surface area contributed by atoms with E-state index in [1.165, 1.54) is 11.3 Å². The van der Waals surface area contributed by atoms with Gasteiger partial charge in [-0.25, -0.2) is 9.78 Å². The van der Waals surface area contributed by atoms with Crippen LogP contribution in [0.25, 0.3) is 10.2 Å². The second kappa shape index (κ2) is 11.4. The topological polar surface area (TPSA) is 116 Å². The second-order valence-corrected chi connectivity index (χ2v) is 10.1. The Morgan fingerprint density at radius 2 is 2.08 bits per heavy atom. The highest BCUT2D eigenvalue weighted by molar-refractivity contribution is 7.22. The summed E-state index contributed by atoms with van der Waals surface area (Å²) in [7, 11) is 1.58. The zero-order valence-electron chi connectivity index (χ0n) is 21.2. The van der Waals surface area contributed by atoms with Crippen LogP contribution < -0.4 is 14.8 Å². The number of amides is 2. The van der Waals surface area contributed by atoms with E-state index in [1.807, 2.05) is 18.2 Å². The van der Waals surface area contributed by atoms with Crippen LogP contribution in [0.1, 0.15) is 48.0 Å². The first-order valence-electron chi connectivity index (χ1n) is 12.5. The summed E-state index contributed by atoms with van der Waals surface area (Å²) in [6.07, 6.45) is 1.77. The lowest BCUT2D eigenvalue weighted by molar-refractivity contribution is -0.131. The highest BCUT2D eigenvalue weighted by Crippen LogP contribution is 2.36. The molecule has 2 aliphatic heterocycles. The van der Waals surface area contributed by atoms with Crippen molar-refractivity contribution < 1.29 is 33.3 Å². The average molecular weight is 540 g/mol. The van der Waals surface area contributed by atoms with Crippen molar-refractivity contribution in [3.63, 3.8) is 0 Å². The van der Waals surface area contributed by atoms with E-state index < -0.39 is 5.97 Å². The standard InChI is InChI=1S/C27H29N3O7S/c1-3-35-26(33)17-6-8-19-22(12-17)38-27(28-19)29-23(31)15-30-14-18(13-24(30)32)16-7-9-20(34-2)21(11-16)37-25-5-4-10-36-25/h6-9,11-12,18,25H,3-5,10,13-15H2,1-2H3,(H,28,29,31). The lowest BCUT2D eigenvalue weighted by atomic mass is 9.98. The van der Waals surface area contributed by atoms with Gasteiger partial charge in [-0.3, -0.25) is 9.59 Å². The van der Waals surface area contributed by atoms with Crippen molar-refractivity contribution in [2.24, 2.45) is 0 Å². The van der Waals surface area contributed by atoms with Gasteiger partial charge in [-0.2, -0.15) is 0 Å². The van der Waals surface area contributed by atoms with E-state index in [0.29, 0.717) is 53.9 Å². The molecule has 2 atom stereocenters. The molecule has 0 spiro atoms. The Morgan fingerprint density at radius 3 is 2.84 bits per heavy atom. The zero-order valence-corrected chi connectivity index (χ0v) is 22.0. The van der Waals surface area contributed by atoms with Crippen molar-refractivity contribution in [2.75, 3.05) is 38.7 Å². The summed E-state index contributed by atoms with van der Waals surface area (Å²) >= 11 is 1.26. The minimum Gasteiger partial charge on any atom is -0.493 e. The normalized spacial score (nSPS) is 19.1. The van der Waals surface area contributed by atoms with Gasteiger partial charge in [0, 0.05) is 25.3 Å². The number of hydrogen-bond acceptors (Lipinski definition) is 9. The van der Waals surface area contributed by atoms with Crippen LogP contribution in [0.5, 0.6) is 11.5 Å². The number of carbonyl (C=O) groups excluding carboxylic acids is 3. The number of thiazole rings is 1. The SMILES string of the molecule is CCOC(=O)c1ccc2nc(NC(=O)CN3CC(c4ccc(OC)c(OC5CCCO5)c4)CC3=O)sc2c1. The number of methoxy groups -OCH3 is 1. The van der Waals surface area contributed by atoms with Crippen LogP contribution in [-0.2, 0) is 19.1 Å². The number of nitrogens with one attached hydrogen (secondary N) is 1. The first-order valence-corrected chi connectivity index (χ1v) is 13.4. The monoisotopic (exact) mass is 539 g/mol. The molecular weight excluding hydrogens is 510 g/mol. The van der Waals surface area contributed by atoms with Gasteiger partial charge >= 0.3 is 5.97 Å². The molecule has 3 heterocycles. The molecule has 3 aromatic rings. The van der Waals surface area contributed by atoms with Gasteiger partial charge in [0.05, 0.1) is 42.6 Å². The van der Waals surface area contributed by atoms with Crippen LogP contribution in [0.2, 0.25) is 0 Å². The third-order valence-electron chi connectivity index (χ3n) is 6.50. The van der Waals surface area contributed by atoms with Crippen LogP contribution in [0.15, 0.2) is 36.4 Å². The minimum atomic E-state index is -0.405. The largest absolute Gasteiger partial charge is 0.493 e. The molecule has 0 aliphatic carbocycles. The molecule has 2 unspecified atom stereocenters. The maximum atomic E-state index is 12.8. The molecule has 1 aromatic heterocycles. The first kappa shape index (κ1) is 25.9. The number of likely N-dealkylation sites (tertiary alicyclic amines) is 1. The van der Waals surface area contributed by atoms with Gasteiger partial charge < -0.3 is 29.2 Å². The minimum absolute atomic E-state index is 0.0724. The van der Waals surface area contributed by atoms with Crippen molar-refractivity contribution in [3.05, 3.63) is 47.5 Å². The highest BCUT2D eigenvalue weighted by atomic mass is 32.1. The maximum Gasteiger partial charge on any atom is 0.338 e. The molecule has 2 fully saturated rings. The van der Waals surface area contributed by atoms with Crippen LogP contribution >= 0.6 is 11.3 Å². The Bertz CT molecular complexity index is 1350. The Labute approximate surface area is 223 Å². The first-order chi connectivity index (χ1) is 18.4. The lowest BCUT2D eigenvalue weighted by Crippen LogP contribution is -2.34. The number of carbonyl (C=O) groups is 3. The van der Waals surface area contributed by atoms with E-state index in [9.17, 15) is 14.4 Å². The van der Waals surface area contributed by atoms with E-state index in [1.54, 1.807) is 37.1 Å². The molecule has 0 bridgehead atoms. The summed E-state index contributed by atoms with van der Waals surface area (Å²) in [6, 6.07) is 10.7. The summed E-state index contributed by atoms with van der Waals surface area (Å²) in [5.74, 6) is 0.291. The van der Waals surface area contributed by atoms with E-state index in [0.717, 1.165) is 23.1 Å². The van der Waals surface area contributed by atoms with E-state index in [2.05, 4.69) is 10.3 Å². The zero-order chi connectivity index (χ0) is 26.6. The van der Waals surface area contributed by atoms with E-state index >= 15 is 0 Å². The number of esters is 1. The van der Waals surface area contributed by atoms with E-state index in [-0.39, 0.29) is 30.6 Å². The van der Waals surface area contributed by atoms with E-state index in [4.69, 9.17) is 18.9 Å². The smallest absolute Gasteiger partial charge is 0.338 e. The Hall–Kier alpha value is -3.70. The summed E-state index contributed by atoms with van der Waals surface area (Å²) in [5, 5.41) is 3.18. The lowest BCUT2D eigenvalue weighted by Gasteiger charge is -2.19. The maximum absolute atomic E-state index is 12.8. The van der Waals surface area contributed by atoms with Gasteiger partial charge in [-0.05, 0) is 49.2 Å². The fraction of sp³-hybridized carbons (Fsp3) is 0.407. The molecular formula is C27H29N3O7S. The molecule has 2 aromatic carbocycles. The molecule has 5 rings (SSSR count).